The fourth-order valence-corrected chi connectivity index (χ4v) is 1.94. The molecule has 2 aromatic heterocycles. The number of H-pyrrole nitrogens is 1. The summed E-state index contributed by atoms with van der Waals surface area (Å²) in [4.78, 5) is 19.1. The van der Waals surface area contributed by atoms with Gasteiger partial charge in [0.05, 0.1) is 0 Å². The molecule has 2 aromatic rings. The molecule has 0 amide bonds. The maximum absolute atomic E-state index is 12.0. The van der Waals surface area contributed by atoms with Crippen molar-refractivity contribution in [2.45, 2.75) is 26.7 Å². The van der Waals surface area contributed by atoms with Crippen LogP contribution < -0.4 is 5.56 Å². The number of aromatic amines is 1. The van der Waals surface area contributed by atoms with E-state index in [1.165, 1.54) is 0 Å². The van der Waals surface area contributed by atoms with Crippen LogP contribution in [-0.2, 0) is 7.05 Å². The highest BCUT2D eigenvalue weighted by Crippen LogP contribution is 2.16. The van der Waals surface area contributed by atoms with Gasteiger partial charge in [0.25, 0.3) is 5.56 Å². The minimum atomic E-state index is -0.0758. The first-order valence-corrected chi connectivity index (χ1v) is 5.60. The topological polar surface area (TPSA) is 63.6 Å². The van der Waals surface area contributed by atoms with Crippen LogP contribution >= 0.6 is 0 Å². The Kier molecular flexibility index (Phi) is 2.83. The Labute approximate surface area is 99.5 Å². The Hall–Kier alpha value is -1.91. The second-order valence-corrected chi connectivity index (χ2v) is 4.44. The van der Waals surface area contributed by atoms with E-state index in [1.807, 2.05) is 40.1 Å². The first-order chi connectivity index (χ1) is 7.99. The zero-order valence-corrected chi connectivity index (χ0v) is 10.5. The molecule has 0 atom stereocenters. The monoisotopic (exact) mass is 232 g/mol. The number of nitrogens with zero attached hydrogens (tertiary/aromatic N) is 3. The van der Waals surface area contributed by atoms with Crippen LogP contribution in [0.4, 0.5) is 0 Å². The molecule has 5 nitrogen and oxygen atoms in total. The number of aromatic nitrogens is 4. The summed E-state index contributed by atoms with van der Waals surface area (Å²) in [6.07, 6.45) is 1.82. The number of aryl methyl sites for hydroxylation is 2. The van der Waals surface area contributed by atoms with Crippen LogP contribution in [0.1, 0.15) is 31.0 Å². The highest BCUT2D eigenvalue weighted by molar-refractivity contribution is 5.48. The van der Waals surface area contributed by atoms with Gasteiger partial charge in [-0.1, -0.05) is 13.8 Å². The molecule has 0 saturated heterocycles. The molecule has 5 heteroatoms. The maximum atomic E-state index is 12.0. The lowest BCUT2D eigenvalue weighted by Crippen LogP contribution is -2.18. The van der Waals surface area contributed by atoms with E-state index >= 15 is 0 Å². The van der Waals surface area contributed by atoms with Gasteiger partial charge >= 0.3 is 0 Å². The minimum Gasteiger partial charge on any atom is -0.305 e. The van der Waals surface area contributed by atoms with E-state index in [1.54, 1.807) is 4.68 Å². The standard InChI is InChI=1S/C12H16N4O/c1-7(2)10-8(3)13-11(14-12(10)17)9-5-6-16(4)15-9/h5-7H,1-4H3,(H,13,14,17). The Morgan fingerprint density at radius 1 is 1.41 bits per heavy atom. The summed E-state index contributed by atoms with van der Waals surface area (Å²) < 4.78 is 1.68. The highest BCUT2D eigenvalue weighted by Gasteiger charge is 2.13. The van der Waals surface area contributed by atoms with E-state index in [-0.39, 0.29) is 11.5 Å². The van der Waals surface area contributed by atoms with E-state index < -0.39 is 0 Å². The molecule has 0 aliphatic heterocycles. The van der Waals surface area contributed by atoms with Crippen molar-refractivity contribution in [2.75, 3.05) is 0 Å². The quantitative estimate of drug-likeness (QED) is 0.855. The van der Waals surface area contributed by atoms with E-state index in [4.69, 9.17) is 0 Å². The first kappa shape index (κ1) is 11.6. The summed E-state index contributed by atoms with van der Waals surface area (Å²) in [6.45, 7) is 5.83. The summed E-state index contributed by atoms with van der Waals surface area (Å²) in [6, 6.07) is 1.83. The van der Waals surface area contributed by atoms with Gasteiger partial charge in [0.15, 0.2) is 5.82 Å². The zero-order valence-electron chi connectivity index (χ0n) is 10.5. The van der Waals surface area contributed by atoms with Gasteiger partial charge in [-0.2, -0.15) is 5.10 Å². The predicted octanol–water partition coefficient (Wildman–Crippen LogP) is 1.60. The van der Waals surface area contributed by atoms with Crippen molar-refractivity contribution >= 4 is 0 Å². The Morgan fingerprint density at radius 3 is 2.59 bits per heavy atom. The maximum Gasteiger partial charge on any atom is 0.254 e. The first-order valence-electron chi connectivity index (χ1n) is 5.60. The third-order valence-electron chi connectivity index (χ3n) is 2.68. The van der Waals surface area contributed by atoms with Gasteiger partial charge in [-0.3, -0.25) is 9.48 Å². The van der Waals surface area contributed by atoms with E-state index in [0.29, 0.717) is 11.5 Å². The average molecular weight is 232 g/mol. The van der Waals surface area contributed by atoms with Gasteiger partial charge < -0.3 is 4.98 Å². The molecule has 2 rings (SSSR count). The van der Waals surface area contributed by atoms with E-state index in [9.17, 15) is 4.79 Å². The van der Waals surface area contributed by atoms with Gasteiger partial charge in [-0.25, -0.2) is 4.98 Å². The van der Waals surface area contributed by atoms with E-state index in [2.05, 4.69) is 15.1 Å². The fraction of sp³-hybridized carbons (Fsp3) is 0.417. The summed E-state index contributed by atoms with van der Waals surface area (Å²) in [5, 5.41) is 4.22. The Morgan fingerprint density at radius 2 is 2.12 bits per heavy atom. The third-order valence-corrected chi connectivity index (χ3v) is 2.68. The summed E-state index contributed by atoms with van der Waals surface area (Å²) >= 11 is 0. The summed E-state index contributed by atoms with van der Waals surface area (Å²) in [5.41, 5.74) is 2.12. The molecule has 17 heavy (non-hydrogen) atoms. The summed E-state index contributed by atoms with van der Waals surface area (Å²) in [5.74, 6) is 0.696. The van der Waals surface area contributed by atoms with Crippen molar-refractivity contribution in [1.82, 2.24) is 19.7 Å². The molecule has 0 aliphatic rings. The van der Waals surface area contributed by atoms with Crippen LogP contribution in [0, 0.1) is 6.92 Å². The van der Waals surface area contributed by atoms with Gasteiger partial charge in [0, 0.05) is 24.5 Å². The number of rotatable bonds is 2. The summed E-state index contributed by atoms with van der Waals surface area (Å²) in [7, 11) is 1.83. The molecular weight excluding hydrogens is 216 g/mol. The molecule has 90 valence electrons. The van der Waals surface area contributed by atoms with Crippen molar-refractivity contribution in [3.8, 4) is 11.5 Å². The van der Waals surface area contributed by atoms with Crippen LogP contribution in [0.25, 0.3) is 11.5 Å². The molecular formula is C12H16N4O. The lowest BCUT2D eigenvalue weighted by Gasteiger charge is -2.08. The molecule has 0 fully saturated rings. The van der Waals surface area contributed by atoms with Crippen LogP contribution in [0.3, 0.4) is 0 Å². The molecule has 2 heterocycles. The van der Waals surface area contributed by atoms with Gasteiger partial charge in [-0.15, -0.1) is 0 Å². The zero-order chi connectivity index (χ0) is 12.6. The lowest BCUT2D eigenvalue weighted by atomic mass is 10.0. The lowest BCUT2D eigenvalue weighted by molar-refractivity contribution is 0.765. The third kappa shape index (κ3) is 2.13. The highest BCUT2D eigenvalue weighted by atomic mass is 16.1. The molecule has 0 radical (unpaired) electrons. The van der Waals surface area contributed by atoms with Crippen molar-refractivity contribution < 1.29 is 0 Å². The Balaban J connectivity index is 2.57. The number of nitrogens with one attached hydrogen (secondary N) is 1. The second kappa shape index (κ2) is 4.16. The smallest absolute Gasteiger partial charge is 0.254 e. The molecule has 0 spiro atoms. The van der Waals surface area contributed by atoms with Crippen molar-refractivity contribution in [2.24, 2.45) is 7.05 Å². The fourth-order valence-electron chi connectivity index (χ4n) is 1.94. The van der Waals surface area contributed by atoms with Crippen LogP contribution in [0.15, 0.2) is 17.1 Å². The largest absolute Gasteiger partial charge is 0.305 e. The molecule has 1 N–H and O–H groups in total. The molecule has 0 aliphatic carbocycles. The van der Waals surface area contributed by atoms with Crippen LogP contribution in [-0.4, -0.2) is 19.7 Å². The van der Waals surface area contributed by atoms with Gasteiger partial charge in [0.1, 0.15) is 5.69 Å². The normalized spacial score (nSPS) is 11.1. The van der Waals surface area contributed by atoms with Crippen LogP contribution in [0.5, 0.6) is 0 Å². The van der Waals surface area contributed by atoms with Gasteiger partial charge in [0.2, 0.25) is 0 Å². The van der Waals surface area contributed by atoms with Crippen molar-refractivity contribution in [1.29, 1.82) is 0 Å². The van der Waals surface area contributed by atoms with Crippen molar-refractivity contribution in [3.05, 3.63) is 33.9 Å². The van der Waals surface area contributed by atoms with Crippen molar-refractivity contribution in [3.63, 3.8) is 0 Å². The number of hydrogen-bond donors (Lipinski definition) is 1. The minimum absolute atomic E-state index is 0.0758. The average Bonchev–Trinajstić information content (AvgIpc) is 2.63. The number of hydrogen-bond acceptors (Lipinski definition) is 3. The Bertz CT molecular complexity index is 595. The second-order valence-electron chi connectivity index (χ2n) is 4.44. The molecule has 0 saturated carbocycles. The molecule has 0 aromatic carbocycles. The molecule has 0 bridgehead atoms. The van der Waals surface area contributed by atoms with Crippen LogP contribution in [0.2, 0.25) is 0 Å². The SMILES string of the molecule is Cc1nc(-c2ccn(C)n2)[nH]c(=O)c1C(C)C. The van der Waals surface area contributed by atoms with E-state index in [0.717, 1.165) is 11.3 Å². The van der Waals surface area contributed by atoms with Gasteiger partial charge in [-0.05, 0) is 18.9 Å². The molecule has 0 unspecified atom stereocenters. The predicted molar refractivity (Wildman–Crippen MR) is 65.9 cm³/mol.